The van der Waals surface area contributed by atoms with Crippen molar-refractivity contribution >= 4 is 11.9 Å². The molecule has 0 fully saturated rings. The Balaban J connectivity index is 1.81. The van der Waals surface area contributed by atoms with Crippen molar-refractivity contribution in [1.82, 2.24) is 4.90 Å². The maximum absolute atomic E-state index is 4.25. The molecule has 21 heavy (non-hydrogen) atoms. The number of nitrogens with zero attached hydrogens (tertiary/aromatic N) is 2. The van der Waals surface area contributed by atoms with E-state index in [1.165, 1.54) is 11.1 Å². The molecule has 2 rings (SSSR count). The van der Waals surface area contributed by atoms with Crippen molar-refractivity contribution in [3.63, 3.8) is 0 Å². The fourth-order valence-electron chi connectivity index (χ4n) is 2.05. The first-order valence-corrected chi connectivity index (χ1v) is 7.33. The van der Waals surface area contributed by atoms with E-state index in [1.54, 1.807) is 0 Å². The monoisotopic (exact) mass is 281 g/mol. The summed E-state index contributed by atoms with van der Waals surface area (Å²) in [6.07, 6.45) is 4.06. The molecule has 0 saturated carbocycles. The Morgan fingerprint density at radius 2 is 1.62 bits per heavy atom. The molecule has 0 heterocycles. The molecule has 0 unspecified atom stereocenters. The molecule has 0 radical (unpaired) electrons. The topological polar surface area (TPSA) is 27.6 Å². The molecule has 0 bridgehead atoms. The van der Waals surface area contributed by atoms with Gasteiger partial charge in [0, 0.05) is 6.21 Å². The average molecular weight is 281 g/mol. The third-order valence-electron chi connectivity index (χ3n) is 3.22. The molecule has 0 aromatic heterocycles. The Kier molecular flexibility index (Phi) is 5.98. The van der Waals surface area contributed by atoms with E-state index in [4.69, 9.17) is 0 Å². The highest BCUT2D eigenvalue weighted by Gasteiger charge is 1.96. The molecule has 0 spiro atoms. The Labute approximate surface area is 127 Å². The zero-order valence-electron chi connectivity index (χ0n) is 12.8. The summed E-state index contributed by atoms with van der Waals surface area (Å²) in [6, 6.07) is 18.7. The number of hydrogen-bond acceptors (Lipinski definition) is 3. The second kappa shape index (κ2) is 8.22. The first-order valence-electron chi connectivity index (χ1n) is 7.33. The van der Waals surface area contributed by atoms with Gasteiger partial charge in [0.05, 0.1) is 5.69 Å². The second-order valence-electron chi connectivity index (χ2n) is 5.31. The van der Waals surface area contributed by atoms with E-state index in [0.29, 0.717) is 0 Å². The lowest BCUT2D eigenvalue weighted by Crippen LogP contribution is -2.12. The van der Waals surface area contributed by atoms with Crippen molar-refractivity contribution in [2.75, 3.05) is 26.1 Å². The smallest absolute Gasteiger partial charge is 0.0562 e. The minimum absolute atomic E-state index is 0.993. The second-order valence-corrected chi connectivity index (χ2v) is 5.31. The maximum Gasteiger partial charge on any atom is 0.0562 e. The molecule has 110 valence electrons. The van der Waals surface area contributed by atoms with Crippen LogP contribution in [0.4, 0.5) is 5.69 Å². The molecule has 0 atom stereocenters. The molecule has 0 aliphatic carbocycles. The molecule has 0 aliphatic heterocycles. The van der Waals surface area contributed by atoms with Crippen LogP contribution in [0.1, 0.15) is 12.8 Å². The van der Waals surface area contributed by atoms with Crippen LogP contribution in [0.2, 0.25) is 0 Å². The lowest BCUT2D eigenvalue weighted by atomic mass is 10.1. The standard InChI is InChI=1S/C18H23N3/c1-21(2)15-7-6-14-19-20-18-12-10-17(11-13-18)16-8-4-3-5-9-16/h3-5,8-14,20H,6-7,15H2,1-2H3. The summed E-state index contributed by atoms with van der Waals surface area (Å²) in [5, 5.41) is 4.25. The zero-order chi connectivity index (χ0) is 14.9. The van der Waals surface area contributed by atoms with Crippen LogP contribution in [0.15, 0.2) is 59.7 Å². The van der Waals surface area contributed by atoms with E-state index in [9.17, 15) is 0 Å². The molecule has 2 aromatic rings. The van der Waals surface area contributed by atoms with Crippen LogP contribution in [-0.4, -0.2) is 31.8 Å². The van der Waals surface area contributed by atoms with E-state index < -0.39 is 0 Å². The predicted octanol–water partition coefficient (Wildman–Crippen LogP) is 4.09. The summed E-state index contributed by atoms with van der Waals surface area (Å²) in [6.45, 7) is 1.10. The fourth-order valence-corrected chi connectivity index (χ4v) is 2.05. The van der Waals surface area contributed by atoms with E-state index in [1.807, 2.05) is 12.3 Å². The first-order chi connectivity index (χ1) is 10.3. The van der Waals surface area contributed by atoms with E-state index >= 15 is 0 Å². The zero-order valence-corrected chi connectivity index (χ0v) is 12.8. The average Bonchev–Trinajstić information content (AvgIpc) is 2.52. The van der Waals surface area contributed by atoms with Gasteiger partial charge in [0.1, 0.15) is 0 Å². The Hall–Kier alpha value is -2.13. The van der Waals surface area contributed by atoms with Gasteiger partial charge in [0.15, 0.2) is 0 Å². The van der Waals surface area contributed by atoms with Crippen molar-refractivity contribution in [1.29, 1.82) is 0 Å². The van der Waals surface area contributed by atoms with Gasteiger partial charge < -0.3 is 4.90 Å². The van der Waals surface area contributed by atoms with Crippen LogP contribution in [0.5, 0.6) is 0 Å². The minimum atomic E-state index is 0.993. The van der Waals surface area contributed by atoms with Gasteiger partial charge in [-0.2, -0.15) is 5.10 Å². The van der Waals surface area contributed by atoms with Gasteiger partial charge in [-0.1, -0.05) is 42.5 Å². The van der Waals surface area contributed by atoms with Crippen molar-refractivity contribution in [3.8, 4) is 11.1 Å². The van der Waals surface area contributed by atoms with Gasteiger partial charge in [-0.3, -0.25) is 5.43 Å². The van der Waals surface area contributed by atoms with Crippen LogP contribution in [0, 0.1) is 0 Å². The fraction of sp³-hybridized carbons (Fsp3) is 0.278. The number of anilines is 1. The minimum Gasteiger partial charge on any atom is -0.309 e. The van der Waals surface area contributed by atoms with E-state index in [0.717, 1.165) is 25.1 Å². The number of hydrazone groups is 1. The third kappa shape index (κ3) is 5.40. The van der Waals surface area contributed by atoms with Gasteiger partial charge in [0.25, 0.3) is 0 Å². The Morgan fingerprint density at radius 1 is 0.952 bits per heavy atom. The molecule has 1 N–H and O–H groups in total. The predicted molar refractivity (Wildman–Crippen MR) is 91.8 cm³/mol. The summed E-state index contributed by atoms with van der Waals surface area (Å²) in [5.74, 6) is 0. The van der Waals surface area contributed by atoms with Gasteiger partial charge in [-0.05, 0) is 56.7 Å². The van der Waals surface area contributed by atoms with Crippen LogP contribution in [0.3, 0.4) is 0 Å². The van der Waals surface area contributed by atoms with Crippen molar-refractivity contribution in [2.45, 2.75) is 12.8 Å². The first kappa shape index (κ1) is 15.3. The summed E-state index contributed by atoms with van der Waals surface area (Å²) in [7, 11) is 4.17. The van der Waals surface area contributed by atoms with Crippen LogP contribution < -0.4 is 5.43 Å². The van der Waals surface area contributed by atoms with Gasteiger partial charge in [-0.25, -0.2) is 0 Å². The highest BCUT2D eigenvalue weighted by atomic mass is 15.3. The number of nitrogens with one attached hydrogen (secondary N) is 1. The van der Waals surface area contributed by atoms with Crippen molar-refractivity contribution in [3.05, 3.63) is 54.6 Å². The Morgan fingerprint density at radius 3 is 2.29 bits per heavy atom. The van der Waals surface area contributed by atoms with Crippen molar-refractivity contribution < 1.29 is 0 Å². The van der Waals surface area contributed by atoms with Gasteiger partial charge in [-0.15, -0.1) is 0 Å². The number of rotatable bonds is 7. The molecule has 2 aromatic carbocycles. The largest absolute Gasteiger partial charge is 0.309 e. The summed E-state index contributed by atoms with van der Waals surface area (Å²) in [5.41, 5.74) is 6.53. The molecule has 3 heteroatoms. The Bertz CT molecular complexity index is 544. The van der Waals surface area contributed by atoms with E-state index in [2.05, 4.69) is 78.1 Å². The van der Waals surface area contributed by atoms with Crippen molar-refractivity contribution in [2.24, 2.45) is 5.10 Å². The molecular formula is C18H23N3. The summed E-state index contributed by atoms with van der Waals surface area (Å²) < 4.78 is 0. The number of unbranched alkanes of at least 4 members (excludes halogenated alkanes) is 1. The van der Waals surface area contributed by atoms with Crippen LogP contribution >= 0.6 is 0 Å². The number of hydrogen-bond donors (Lipinski definition) is 1. The molecule has 3 nitrogen and oxygen atoms in total. The molecule has 0 aliphatic rings. The quantitative estimate of drug-likeness (QED) is 0.470. The molecular weight excluding hydrogens is 258 g/mol. The van der Waals surface area contributed by atoms with Gasteiger partial charge >= 0.3 is 0 Å². The summed E-state index contributed by atoms with van der Waals surface area (Å²) in [4.78, 5) is 2.18. The highest BCUT2D eigenvalue weighted by Crippen LogP contribution is 2.20. The lowest BCUT2D eigenvalue weighted by molar-refractivity contribution is 0.404. The summed E-state index contributed by atoms with van der Waals surface area (Å²) >= 11 is 0. The highest BCUT2D eigenvalue weighted by molar-refractivity contribution is 5.66. The molecule has 0 saturated heterocycles. The van der Waals surface area contributed by atoms with Crippen LogP contribution in [0.25, 0.3) is 11.1 Å². The van der Waals surface area contributed by atoms with Crippen LogP contribution in [-0.2, 0) is 0 Å². The number of benzene rings is 2. The lowest BCUT2D eigenvalue weighted by Gasteiger charge is -2.06. The normalized spacial score (nSPS) is 11.2. The SMILES string of the molecule is CN(C)CCCC=NNc1ccc(-c2ccccc2)cc1. The van der Waals surface area contributed by atoms with E-state index in [-0.39, 0.29) is 0 Å². The molecule has 0 amide bonds. The maximum atomic E-state index is 4.25. The van der Waals surface area contributed by atoms with Gasteiger partial charge in [0.2, 0.25) is 0 Å². The third-order valence-corrected chi connectivity index (χ3v) is 3.22.